The topological polar surface area (TPSA) is 41.3 Å². The number of aromatic nitrogens is 2. The Morgan fingerprint density at radius 3 is 3.05 bits per heavy atom. The normalized spacial score (nSPS) is 24.0. The predicted molar refractivity (Wildman–Crippen MR) is 84.3 cm³/mol. The lowest BCUT2D eigenvalue weighted by atomic mass is 9.93. The van der Waals surface area contributed by atoms with Crippen LogP contribution in [0.4, 0.5) is 0 Å². The van der Waals surface area contributed by atoms with Crippen LogP contribution in [0.5, 0.6) is 0 Å². The second-order valence-electron chi connectivity index (χ2n) is 6.41. The van der Waals surface area contributed by atoms with Crippen LogP contribution in [0.3, 0.4) is 0 Å². The average molecular weight is 289 g/mol. The summed E-state index contributed by atoms with van der Waals surface area (Å²) in [5, 5.41) is 13.6. The van der Waals surface area contributed by atoms with Crippen molar-refractivity contribution in [1.29, 1.82) is 0 Å². The Morgan fingerprint density at radius 2 is 2.24 bits per heavy atom. The van der Waals surface area contributed by atoms with Crippen LogP contribution in [0.1, 0.15) is 50.1 Å². The minimum absolute atomic E-state index is 0.159. The van der Waals surface area contributed by atoms with Crippen LogP contribution in [0, 0.1) is 0 Å². The summed E-state index contributed by atoms with van der Waals surface area (Å²) >= 11 is 0. The van der Waals surface area contributed by atoms with Crippen molar-refractivity contribution in [3.8, 4) is 0 Å². The lowest BCUT2D eigenvalue weighted by Crippen LogP contribution is -2.36. The first kappa shape index (κ1) is 14.8. The van der Waals surface area contributed by atoms with E-state index in [9.17, 15) is 0 Å². The lowest BCUT2D eigenvalue weighted by Gasteiger charge is -2.33. The van der Waals surface area contributed by atoms with Crippen LogP contribution < -0.4 is 0 Å². The van der Waals surface area contributed by atoms with Crippen molar-refractivity contribution in [2.75, 3.05) is 26.2 Å². The quantitative estimate of drug-likeness (QED) is 0.847. The van der Waals surface area contributed by atoms with E-state index in [-0.39, 0.29) is 6.61 Å². The molecule has 21 heavy (non-hydrogen) atoms. The van der Waals surface area contributed by atoms with Gasteiger partial charge in [-0.2, -0.15) is 5.10 Å². The number of hydrogen-bond donors (Lipinski definition) is 1. The maximum atomic E-state index is 8.99. The molecule has 2 aliphatic rings. The van der Waals surface area contributed by atoms with E-state index in [1.165, 1.54) is 50.8 Å². The van der Waals surface area contributed by atoms with Gasteiger partial charge < -0.3 is 5.11 Å². The Balaban J connectivity index is 1.58. The van der Waals surface area contributed by atoms with Gasteiger partial charge in [-0.05, 0) is 51.1 Å². The zero-order valence-corrected chi connectivity index (χ0v) is 12.9. The SMILES string of the molecule is OCCn1ccc([C@@H]2CCCN(CC3=CCCCC3)C2)n1. The van der Waals surface area contributed by atoms with Gasteiger partial charge in [-0.25, -0.2) is 0 Å². The molecule has 3 rings (SSSR count). The Kier molecular flexibility index (Phi) is 5.09. The maximum Gasteiger partial charge on any atom is 0.0668 e. The summed E-state index contributed by atoms with van der Waals surface area (Å²) in [7, 11) is 0. The Morgan fingerprint density at radius 1 is 1.29 bits per heavy atom. The van der Waals surface area contributed by atoms with Crippen molar-refractivity contribution >= 4 is 0 Å². The molecule has 1 aliphatic carbocycles. The summed E-state index contributed by atoms with van der Waals surface area (Å²) < 4.78 is 1.86. The summed E-state index contributed by atoms with van der Waals surface area (Å²) in [5.74, 6) is 0.558. The maximum absolute atomic E-state index is 8.99. The van der Waals surface area contributed by atoms with Crippen LogP contribution in [0.2, 0.25) is 0 Å². The van der Waals surface area contributed by atoms with Crippen LogP contribution in [-0.4, -0.2) is 46.0 Å². The molecule has 1 aromatic rings. The molecular weight excluding hydrogens is 262 g/mol. The Labute approximate surface area is 127 Å². The van der Waals surface area contributed by atoms with E-state index in [2.05, 4.69) is 22.1 Å². The Bertz CT molecular complexity index is 480. The van der Waals surface area contributed by atoms with Gasteiger partial charge in [0.1, 0.15) is 0 Å². The van der Waals surface area contributed by atoms with E-state index < -0.39 is 0 Å². The molecule has 4 heteroatoms. The number of hydrogen-bond acceptors (Lipinski definition) is 3. The standard InChI is InChI=1S/C17H27N3O/c21-12-11-20-10-8-17(18-20)16-7-4-9-19(14-16)13-15-5-2-1-3-6-15/h5,8,10,16,21H,1-4,6-7,9,11-14H2/t16-/m1/s1. The smallest absolute Gasteiger partial charge is 0.0668 e. The molecule has 0 unspecified atom stereocenters. The van der Waals surface area contributed by atoms with Crippen molar-refractivity contribution in [3.05, 3.63) is 29.6 Å². The highest BCUT2D eigenvalue weighted by atomic mass is 16.3. The summed E-state index contributed by atoms with van der Waals surface area (Å²) in [6, 6.07) is 2.13. The van der Waals surface area contributed by atoms with Gasteiger partial charge in [0.2, 0.25) is 0 Å². The van der Waals surface area contributed by atoms with Crippen molar-refractivity contribution < 1.29 is 5.11 Å². The number of piperidine rings is 1. The third kappa shape index (κ3) is 3.95. The number of allylic oxidation sites excluding steroid dienone is 1. The Hall–Kier alpha value is -1.13. The van der Waals surface area contributed by atoms with Gasteiger partial charge in [-0.15, -0.1) is 0 Å². The zero-order valence-electron chi connectivity index (χ0n) is 12.9. The first-order valence-electron chi connectivity index (χ1n) is 8.39. The molecule has 116 valence electrons. The molecule has 1 saturated heterocycles. The second kappa shape index (κ2) is 7.23. The molecule has 4 nitrogen and oxygen atoms in total. The molecular formula is C17H27N3O. The van der Waals surface area contributed by atoms with E-state index in [1.807, 2.05) is 10.9 Å². The van der Waals surface area contributed by atoms with Gasteiger partial charge in [0.05, 0.1) is 18.8 Å². The highest BCUT2D eigenvalue weighted by molar-refractivity contribution is 5.11. The molecule has 0 spiro atoms. The number of aliphatic hydroxyl groups is 1. The van der Waals surface area contributed by atoms with E-state index in [0.29, 0.717) is 12.5 Å². The van der Waals surface area contributed by atoms with Crippen molar-refractivity contribution in [1.82, 2.24) is 14.7 Å². The van der Waals surface area contributed by atoms with Gasteiger partial charge in [0.15, 0.2) is 0 Å². The lowest BCUT2D eigenvalue weighted by molar-refractivity contribution is 0.218. The monoisotopic (exact) mass is 289 g/mol. The molecule has 0 radical (unpaired) electrons. The first-order chi connectivity index (χ1) is 10.3. The molecule has 0 amide bonds. The van der Waals surface area contributed by atoms with Crippen LogP contribution in [-0.2, 0) is 6.54 Å². The summed E-state index contributed by atoms with van der Waals surface area (Å²) in [5.41, 5.74) is 2.85. The highest BCUT2D eigenvalue weighted by Gasteiger charge is 2.23. The van der Waals surface area contributed by atoms with E-state index >= 15 is 0 Å². The van der Waals surface area contributed by atoms with E-state index in [0.717, 1.165) is 13.1 Å². The van der Waals surface area contributed by atoms with Crippen molar-refractivity contribution in [3.63, 3.8) is 0 Å². The highest BCUT2D eigenvalue weighted by Crippen LogP contribution is 2.27. The first-order valence-corrected chi connectivity index (χ1v) is 8.39. The number of nitrogens with zero attached hydrogens (tertiary/aromatic N) is 3. The molecule has 1 N–H and O–H groups in total. The van der Waals surface area contributed by atoms with Gasteiger partial charge in [-0.1, -0.05) is 11.6 Å². The van der Waals surface area contributed by atoms with Gasteiger partial charge in [0.25, 0.3) is 0 Å². The third-order valence-electron chi connectivity index (χ3n) is 4.73. The summed E-state index contributed by atoms with van der Waals surface area (Å²) in [4.78, 5) is 2.61. The fraction of sp³-hybridized carbons (Fsp3) is 0.706. The van der Waals surface area contributed by atoms with Crippen molar-refractivity contribution in [2.45, 2.75) is 51.0 Å². The van der Waals surface area contributed by atoms with Gasteiger partial charge in [-0.3, -0.25) is 9.58 Å². The van der Waals surface area contributed by atoms with E-state index in [1.54, 1.807) is 5.57 Å². The largest absolute Gasteiger partial charge is 0.394 e. The van der Waals surface area contributed by atoms with Crippen molar-refractivity contribution in [2.24, 2.45) is 0 Å². The number of aliphatic hydroxyl groups excluding tert-OH is 1. The molecule has 1 aromatic heterocycles. The fourth-order valence-electron chi connectivity index (χ4n) is 3.60. The predicted octanol–water partition coefficient (Wildman–Crippen LogP) is 2.56. The van der Waals surface area contributed by atoms with Crippen LogP contribution in [0.25, 0.3) is 0 Å². The zero-order chi connectivity index (χ0) is 14.5. The van der Waals surface area contributed by atoms with Gasteiger partial charge in [0, 0.05) is 25.2 Å². The summed E-state index contributed by atoms with van der Waals surface area (Å²) in [6.07, 6.45) is 12.3. The second-order valence-corrected chi connectivity index (χ2v) is 6.41. The molecule has 0 bridgehead atoms. The average Bonchev–Trinajstić information content (AvgIpc) is 2.98. The number of likely N-dealkylation sites (tertiary alicyclic amines) is 1. The summed E-state index contributed by atoms with van der Waals surface area (Å²) in [6.45, 7) is 4.28. The molecule has 0 saturated carbocycles. The minimum Gasteiger partial charge on any atom is -0.394 e. The molecule has 0 aromatic carbocycles. The molecule has 1 atom stereocenters. The fourth-order valence-corrected chi connectivity index (χ4v) is 3.60. The van der Waals surface area contributed by atoms with E-state index in [4.69, 9.17) is 5.11 Å². The third-order valence-corrected chi connectivity index (χ3v) is 4.73. The molecule has 1 aliphatic heterocycles. The van der Waals surface area contributed by atoms with Crippen LogP contribution >= 0.6 is 0 Å². The minimum atomic E-state index is 0.159. The molecule has 2 heterocycles. The molecule has 1 fully saturated rings. The number of rotatable bonds is 5. The van der Waals surface area contributed by atoms with Gasteiger partial charge >= 0.3 is 0 Å². The van der Waals surface area contributed by atoms with Crippen LogP contribution in [0.15, 0.2) is 23.9 Å².